The Morgan fingerprint density at radius 1 is 1.10 bits per heavy atom. The first kappa shape index (κ1) is 21.3. The van der Waals surface area contributed by atoms with E-state index in [1.807, 2.05) is 0 Å². The van der Waals surface area contributed by atoms with Crippen LogP contribution in [0.1, 0.15) is 23.2 Å². The van der Waals surface area contributed by atoms with Crippen molar-refractivity contribution >= 4 is 40.0 Å². The Morgan fingerprint density at radius 2 is 1.77 bits per heavy atom. The van der Waals surface area contributed by atoms with Crippen LogP contribution >= 0.6 is 22.6 Å². The van der Waals surface area contributed by atoms with Gasteiger partial charge < -0.3 is 15.0 Å². The molecular weight excluding hydrogens is 519 g/mol. The molecule has 1 fully saturated rings. The number of alkyl halides is 3. The number of nitrogens with one attached hydrogen (secondary N) is 1. The monoisotopic (exact) mass is 537 g/mol. The molecule has 3 aromatic rings. The first-order valence-electron chi connectivity index (χ1n) is 9.56. The second-order valence-corrected chi connectivity index (χ2v) is 8.20. The van der Waals surface area contributed by atoms with Crippen LogP contribution in [-0.4, -0.2) is 38.1 Å². The second-order valence-electron chi connectivity index (χ2n) is 6.94. The Morgan fingerprint density at radius 3 is 2.42 bits per heavy atom. The number of halogens is 3. The summed E-state index contributed by atoms with van der Waals surface area (Å²) >= 11 is 0.896. The maximum Gasteiger partial charge on any atom is 0.451 e. The lowest BCUT2D eigenvalue weighted by molar-refractivity contribution is -0.0691. The summed E-state index contributed by atoms with van der Waals surface area (Å²) in [6, 6.07) is 7.48. The number of amides is 1. The number of carbonyl (C=O) groups excluding carboxylic acids is 1. The summed E-state index contributed by atoms with van der Waals surface area (Å²) in [5.41, 5.74) is 2.36. The molecule has 10 heteroatoms. The highest BCUT2D eigenvalue weighted by Crippen LogP contribution is 2.32. The lowest BCUT2D eigenvalue weighted by atomic mass is 10.1. The summed E-state index contributed by atoms with van der Waals surface area (Å²) in [5.74, 6) is 0.428. The van der Waals surface area contributed by atoms with Crippen LogP contribution in [0.5, 0.6) is 5.75 Å². The Bertz CT molecular complexity index is 1060. The standard InChI is InChI=1S/C21H18F2IN5O2/c22-21(23,24)31-17-5-3-16(4-6-17)28-20(30)14-9-18(15-10-25-13-26-11-15)19(27-12-14)29-7-1-2-8-29/h3-6,9-13H,1-2,7-8H2,(H,28,30). The minimum absolute atomic E-state index is 0.000366. The summed E-state index contributed by atoms with van der Waals surface area (Å²) in [7, 11) is 0. The molecular formula is C21H18F2IN5O2. The van der Waals surface area contributed by atoms with Crippen molar-refractivity contribution in [2.24, 2.45) is 0 Å². The fraction of sp³-hybridized carbons (Fsp3) is 0.238. The normalized spacial score (nSPS) is 13.8. The van der Waals surface area contributed by atoms with Gasteiger partial charge in [-0.15, -0.1) is 0 Å². The van der Waals surface area contributed by atoms with Gasteiger partial charge in [-0.2, -0.15) is 8.78 Å². The predicted octanol–water partition coefficient (Wildman–Crippen LogP) is 4.76. The third-order valence-electron chi connectivity index (χ3n) is 4.75. The molecule has 0 radical (unpaired) electrons. The third kappa shape index (κ3) is 5.43. The number of anilines is 2. The van der Waals surface area contributed by atoms with E-state index in [1.54, 1.807) is 18.5 Å². The van der Waals surface area contributed by atoms with Gasteiger partial charge in [0.25, 0.3) is 5.91 Å². The van der Waals surface area contributed by atoms with E-state index < -0.39 is 4.12 Å². The van der Waals surface area contributed by atoms with Gasteiger partial charge in [0.15, 0.2) is 0 Å². The molecule has 0 unspecified atom stereocenters. The van der Waals surface area contributed by atoms with Crippen molar-refractivity contribution < 1.29 is 18.3 Å². The molecule has 0 aliphatic carbocycles. The Balaban J connectivity index is 1.57. The number of aromatic nitrogens is 3. The third-order valence-corrected chi connectivity index (χ3v) is 4.97. The molecule has 3 heterocycles. The van der Waals surface area contributed by atoms with E-state index in [1.165, 1.54) is 36.8 Å². The Labute approximate surface area is 191 Å². The number of pyridine rings is 1. The molecule has 4 rings (SSSR count). The SMILES string of the molecule is O=C(Nc1ccc(OC(F)(F)I)cc1)c1cnc(N2CCCC2)c(-c2cncnc2)c1. The van der Waals surface area contributed by atoms with Crippen molar-refractivity contribution in [1.82, 2.24) is 15.0 Å². The average molecular weight is 537 g/mol. The van der Waals surface area contributed by atoms with Crippen LogP contribution in [0.3, 0.4) is 0 Å². The quantitative estimate of drug-likeness (QED) is 0.361. The van der Waals surface area contributed by atoms with Crippen LogP contribution < -0.4 is 15.0 Å². The number of benzene rings is 1. The Kier molecular flexibility index (Phi) is 6.25. The maximum absolute atomic E-state index is 12.9. The van der Waals surface area contributed by atoms with Crippen molar-refractivity contribution in [1.29, 1.82) is 0 Å². The molecule has 160 valence electrons. The number of rotatable bonds is 6. The topological polar surface area (TPSA) is 80.2 Å². The highest BCUT2D eigenvalue weighted by molar-refractivity contribution is 14.1. The van der Waals surface area contributed by atoms with Crippen molar-refractivity contribution in [2.75, 3.05) is 23.3 Å². The van der Waals surface area contributed by atoms with Gasteiger partial charge in [-0.1, -0.05) is 0 Å². The van der Waals surface area contributed by atoms with Gasteiger partial charge in [-0.25, -0.2) is 15.0 Å². The van der Waals surface area contributed by atoms with Crippen LogP contribution in [-0.2, 0) is 0 Å². The molecule has 1 N–H and O–H groups in total. The summed E-state index contributed by atoms with van der Waals surface area (Å²) in [6.45, 7) is 1.81. The molecule has 1 amide bonds. The van der Waals surface area contributed by atoms with E-state index in [9.17, 15) is 13.6 Å². The number of nitrogens with zero attached hydrogens (tertiary/aromatic N) is 4. The van der Waals surface area contributed by atoms with Gasteiger partial charge in [0.2, 0.25) is 0 Å². The molecule has 7 nitrogen and oxygen atoms in total. The largest absolute Gasteiger partial charge is 0.451 e. The highest BCUT2D eigenvalue weighted by atomic mass is 127. The van der Waals surface area contributed by atoms with Gasteiger partial charge in [0, 0.05) is 48.5 Å². The minimum atomic E-state index is -3.30. The fourth-order valence-electron chi connectivity index (χ4n) is 3.36. The van der Waals surface area contributed by atoms with Gasteiger partial charge >= 0.3 is 4.12 Å². The molecule has 0 spiro atoms. The molecule has 1 aliphatic heterocycles. The molecule has 1 saturated heterocycles. The molecule has 0 bridgehead atoms. The van der Waals surface area contributed by atoms with Crippen LogP contribution in [0.4, 0.5) is 20.3 Å². The summed E-state index contributed by atoms with van der Waals surface area (Å²) < 4.78 is 27.1. The van der Waals surface area contributed by atoms with Crippen LogP contribution in [0, 0.1) is 0 Å². The van der Waals surface area contributed by atoms with E-state index in [2.05, 4.69) is 29.9 Å². The number of hydrogen-bond donors (Lipinski definition) is 1. The number of ether oxygens (including phenoxy) is 1. The van der Waals surface area contributed by atoms with Gasteiger partial charge in [-0.3, -0.25) is 4.79 Å². The Hall–Kier alpha value is -2.89. The molecule has 31 heavy (non-hydrogen) atoms. The van der Waals surface area contributed by atoms with Gasteiger partial charge in [0.1, 0.15) is 17.9 Å². The lowest BCUT2D eigenvalue weighted by Gasteiger charge is -2.20. The van der Waals surface area contributed by atoms with Crippen molar-refractivity contribution in [3.63, 3.8) is 0 Å². The van der Waals surface area contributed by atoms with Crippen LogP contribution in [0.25, 0.3) is 11.1 Å². The molecule has 0 atom stereocenters. The van der Waals surface area contributed by atoms with E-state index in [4.69, 9.17) is 0 Å². The van der Waals surface area contributed by atoms with E-state index in [0.29, 0.717) is 11.3 Å². The van der Waals surface area contributed by atoms with E-state index in [0.717, 1.165) is 65.5 Å². The smallest absolute Gasteiger partial charge is 0.425 e. The molecule has 1 aromatic carbocycles. The zero-order valence-electron chi connectivity index (χ0n) is 16.3. The zero-order valence-corrected chi connectivity index (χ0v) is 18.4. The summed E-state index contributed by atoms with van der Waals surface area (Å²) in [4.78, 5) is 27.7. The number of hydrogen-bond acceptors (Lipinski definition) is 6. The van der Waals surface area contributed by atoms with E-state index >= 15 is 0 Å². The first-order valence-corrected chi connectivity index (χ1v) is 10.6. The molecule has 1 aliphatic rings. The van der Waals surface area contributed by atoms with Gasteiger partial charge in [0.05, 0.1) is 28.2 Å². The van der Waals surface area contributed by atoms with Gasteiger partial charge in [-0.05, 0) is 43.2 Å². The number of carbonyl (C=O) groups is 1. The van der Waals surface area contributed by atoms with Crippen LogP contribution in [0.2, 0.25) is 0 Å². The highest BCUT2D eigenvalue weighted by Gasteiger charge is 2.26. The fourth-order valence-corrected chi connectivity index (χ4v) is 3.61. The first-order chi connectivity index (χ1) is 14.9. The summed E-state index contributed by atoms with van der Waals surface area (Å²) in [6.07, 6.45) is 8.55. The maximum atomic E-state index is 12.9. The van der Waals surface area contributed by atoms with Crippen LogP contribution in [0.15, 0.2) is 55.2 Å². The predicted molar refractivity (Wildman–Crippen MR) is 121 cm³/mol. The lowest BCUT2D eigenvalue weighted by Crippen LogP contribution is -2.21. The second kappa shape index (κ2) is 9.08. The van der Waals surface area contributed by atoms with Crippen molar-refractivity contribution in [3.05, 3.63) is 60.8 Å². The molecule has 0 saturated carbocycles. The zero-order chi connectivity index (χ0) is 21.8. The van der Waals surface area contributed by atoms with Crippen molar-refractivity contribution in [2.45, 2.75) is 17.0 Å². The minimum Gasteiger partial charge on any atom is -0.425 e. The molecule has 2 aromatic heterocycles. The van der Waals surface area contributed by atoms with E-state index in [-0.39, 0.29) is 11.7 Å². The average Bonchev–Trinajstić information content (AvgIpc) is 3.29. The van der Waals surface area contributed by atoms with Crippen molar-refractivity contribution in [3.8, 4) is 16.9 Å². The summed E-state index contributed by atoms with van der Waals surface area (Å²) in [5, 5.41) is 2.75.